The second kappa shape index (κ2) is 5.79. The third-order valence-electron chi connectivity index (χ3n) is 4.06. The summed E-state index contributed by atoms with van der Waals surface area (Å²) >= 11 is 0. The lowest BCUT2D eigenvalue weighted by molar-refractivity contribution is -0.386. The number of aryl methyl sites for hydroxylation is 2. The molecule has 0 unspecified atom stereocenters. The van der Waals surface area contributed by atoms with Gasteiger partial charge in [-0.15, -0.1) is 0 Å². The van der Waals surface area contributed by atoms with E-state index < -0.39 is 4.92 Å². The normalized spacial score (nSPS) is 11.5. The van der Waals surface area contributed by atoms with Crippen LogP contribution in [-0.2, 0) is 12.5 Å². The molecule has 22 heavy (non-hydrogen) atoms. The Bertz CT molecular complexity index is 687. The Morgan fingerprint density at radius 3 is 2.41 bits per heavy atom. The number of ether oxygens (including phenoxy) is 1. The van der Waals surface area contributed by atoms with E-state index in [2.05, 4.69) is 25.9 Å². The van der Waals surface area contributed by atoms with E-state index in [9.17, 15) is 10.1 Å². The van der Waals surface area contributed by atoms with Crippen molar-refractivity contribution < 1.29 is 9.66 Å². The highest BCUT2D eigenvalue weighted by atomic mass is 16.6. The zero-order valence-corrected chi connectivity index (χ0v) is 13.6. The largest absolute Gasteiger partial charge is 0.434 e. The standard InChI is InChI=1S/C16H21N3O3/c1-6-16(3,4)12-7-9-13(10-8-12)22-15-14(19(20)21)11(2)17-18(15)5/h7-10H,6H2,1-5H3. The van der Waals surface area contributed by atoms with Gasteiger partial charge in [-0.2, -0.15) is 5.10 Å². The second-order valence-electron chi connectivity index (χ2n) is 5.98. The Labute approximate surface area is 129 Å². The van der Waals surface area contributed by atoms with Gasteiger partial charge in [-0.1, -0.05) is 32.9 Å². The van der Waals surface area contributed by atoms with Crippen molar-refractivity contribution >= 4 is 5.69 Å². The van der Waals surface area contributed by atoms with Gasteiger partial charge in [0.25, 0.3) is 5.88 Å². The summed E-state index contributed by atoms with van der Waals surface area (Å²) in [7, 11) is 1.63. The summed E-state index contributed by atoms with van der Waals surface area (Å²) in [6, 6.07) is 7.65. The Morgan fingerprint density at radius 1 is 1.32 bits per heavy atom. The topological polar surface area (TPSA) is 70.2 Å². The van der Waals surface area contributed by atoms with Crippen LogP contribution in [0.5, 0.6) is 11.6 Å². The van der Waals surface area contributed by atoms with Gasteiger partial charge in [0.1, 0.15) is 11.4 Å². The van der Waals surface area contributed by atoms with Crippen molar-refractivity contribution in [1.82, 2.24) is 9.78 Å². The van der Waals surface area contributed by atoms with Crippen LogP contribution in [0.4, 0.5) is 5.69 Å². The minimum Gasteiger partial charge on any atom is -0.434 e. The summed E-state index contributed by atoms with van der Waals surface area (Å²) in [6.07, 6.45) is 1.03. The van der Waals surface area contributed by atoms with E-state index in [0.717, 1.165) is 6.42 Å². The Hall–Kier alpha value is -2.37. The molecule has 1 aromatic heterocycles. The Morgan fingerprint density at radius 2 is 1.91 bits per heavy atom. The predicted octanol–water partition coefficient (Wildman–Crippen LogP) is 4.12. The molecule has 0 spiro atoms. The third-order valence-corrected chi connectivity index (χ3v) is 4.06. The van der Waals surface area contributed by atoms with Crippen LogP contribution in [0, 0.1) is 17.0 Å². The monoisotopic (exact) mass is 303 g/mol. The van der Waals surface area contributed by atoms with Crippen LogP contribution < -0.4 is 4.74 Å². The van der Waals surface area contributed by atoms with Crippen LogP contribution in [0.25, 0.3) is 0 Å². The van der Waals surface area contributed by atoms with E-state index in [0.29, 0.717) is 11.4 Å². The fourth-order valence-electron chi connectivity index (χ4n) is 2.24. The van der Waals surface area contributed by atoms with E-state index in [1.807, 2.05) is 24.3 Å². The van der Waals surface area contributed by atoms with Gasteiger partial charge in [0.2, 0.25) is 0 Å². The lowest BCUT2D eigenvalue weighted by atomic mass is 9.82. The maximum Gasteiger partial charge on any atom is 0.353 e. The van der Waals surface area contributed by atoms with Gasteiger partial charge in [-0.05, 0) is 36.5 Å². The fraction of sp³-hybridized carbons (Fsp3) is 0.438. The molecule has 6 heteroatoms. The van der Waals surface area contributed by atoms with Crippen LogP contribution >= 0.6 is 0 Å². The first kappa shape index (κ1) is 16.0. The van der Waals surface area contributed by atoms with Crippen LogP contribution in [0.2, 0.25) is 0 Å². The van der Waals surface area contributed by atoms with E-state index in [1.54, 1.807) is 14.0 Å². The molecule has 6 nitrogen and oxygen atoms in total. The number of aromatic nitrogens is 2. The number of benzene rings is 1. The highest BCUT2D eigenvalue weighted by molar-refractivity contribution is 5.48. The molecule has 0 bridgehead atoms. The number of rotatable bonds is 5. The van der Waals surface area contributed by atoms with Crippen LogP contribution in [-0.4, -0.2) is 14.7 Å². The summed E-state index contributed by atoms with van der Waals surface area (Å²) in [4.78, 5) is 10.7. The molecule has 0 aliphatic carbocycles. The Kier molecular flexibility index (Phi) is 4.21. The molecular formula is C16H21N3O3. The van der Waals surface area contributed by atoms with Crippen molar-refractivity contribution in [3.8, 4) is 11.6 Å². The fourth-order valence-corrected chi connectivity index (χ4v) is 2.24. The van der Waals surface area contributed by atoms with Gasteiger partial charge in [0.15, 0.2) is 0 Å². The van der Waals surface area contributed by atoms with E-state index in [1.165, 1.54) is 10.2 Å². The summed E-state index contributed by atoms with van der Waals surface area (Å²) in [5.41, 5.74) is 1.54. The zero-order chi connectivity index (χ0) is 16.5. The SMILES string of the molecule is CCC(C)(C)c1ccc(Oc2c([N+](=O)[O-])c(C)nn2C)cc1. The summed E-state index contributed by atoms with van der Waals surface area (Å²) in [5.74, 6) is 0.701. The molecule has 0 fully saturated rings. The smallest absolute Gasteiger partial charge is 0.353 e. The zero-order valence-electron chi connectivity index (χ0n) is 13.6. The highest BCUT2D eigenvalue weighted by Gasteiger charge is 2.26. The van der Waals surface area contributed by atoms with Crippen molar-refractivity contribution in [3.05, 3.63) is 45.6 Å². The van der Waals surface area contributed by atoms with Crippen LogP contribution in [0.3, 0.4) is 0 Å². The molecule has 0 amide bonds. The van der Waals surface area contributed by atoms with Gasteiger partial charge in [0.05, 0.1) is 4.92 Å². The molecular weight excluding hydrogens is 282 g/mol. The summed E-state index contributed by atoms with van der Waals surface area (Å²) in [5, 5.41) is 15.2. The number of hydrogen-bond donors (Lipinski definition) is 0. The average molecular weight is 303 g/mol. The van der Waals surface area contributed by atoms with Gasteiger partial charge >= 0.3 is 5.69 Å². The first-order valence-corrected chi connectivity index (χ1v) is 7.22. The van der Waals surface area contributed by atoms with Crippen LogP contribution in [0.1, 0.15) is 38.4 Å². The lowest BCUT2D eigenvalue weighted by Gasteiger charge is -2.23. The molecule has 2 aromatic rings. The average Bonchev–Trinajstić information content (AvgIpc) is 2.74. The molecule has 2 rings (SSSR count). The minimum atomic E-state index is -0.466. The molecule has 118 valence electrons. The minimum absolute atomic E-state index is 0.0909. The first-order valence-electron chi connectivity index (χ1n) is 7.22. The number of nitro groups is 1. The maximum absolute atomic E-state index is 11.1. The molecule has 0 radical (unpaired) electrons. The van der Waals surface area contributed by atoms with Gasteiger partial charge < -0.3 is 4.74 Å². The molecule has 0 saturated heterocycles. The number of hydrogen-bond acceptors (Lipinski definition) is 4. The first-order chi connectivity index (χ1) is 10.3. The maximum atomic E-state index is 11.1. The predicted molar refractivity (Wildman–Crippen MR) is 84.4 cm³/mol. The molecule has 0 N–H and O–H groups in total. The lowest BCUT2D eigenvalue weighted by Crippen LogP contribution is -2.14. The van der Waals surface area contributed by atoms with Crippen molar-refractivity contribution in [2.24, 2.45) is 7.05 Å². The van der Waals surface area contributed by atoms with E-state index in [4.69, 9.17) is 4.74 Å². The molecule has 1 heterocycles. The summed E-state index contributed by atoms with van der Waals surface area (Å²) in [6.45, 7) is 8.10. The van der Waals surface area contributed by atoms with Gasteiger partial charge in [0, 0.05) is 7.05 Å². The third kappa shape index (κ3) is 2.95. The highest BCUT2D eigenvalue weighted by Crippen LogP contribution is 2.34. The van der Waals surface area contributed by atoms with Crippen LogP contribution in [0.15, 0.2) is 24.3 Å². The van der Waals surface area contributed by atoms with E-state index >= 15 is 0 Å². The van der Waals surface area contributed by atoms with Crippen molar-refractivity contribution in [3.63, 3.8) is 0 Å². The van der Waals surface area contributed by atoms with Gasteiger partial charge in [-0.3, -0.25) is 10.1 Å². The Balaban J connectivity index is 2.31. The van der Waals surface area contributed by atoms with Crippen molar-refractivity contribution in [1.29, 1.82) is 0 Å². The molecule has 0 aliphatic rings. The molecule has 0 aliphatic heterocycles. The summed E-state index contributed by atoms with van der Waals surface area (Å²) < 4.78 is 7.07. The van der Waals surface area contributed by atoms with Crippen molar-refractivity contribution in [2.45, 2.75) is 39.5 Å². The molecule has 0 saturated carbocycles. The quantitative estimate of drug-likeness (QED) is 0.615. The van der Waals surface area contributed by atoms with E-state index in [-0.39, 0.29) is 17.0 Å². The second-order valence-corrected chi connectivity index (χ2v) is 5.98. The van der Waals surface area contributed by atoms with Crippen molar-refractivity contribution in [2.75, 3.05) is 0 Å². The number of nitrogens with zero attached hydrogens (tertiary/aromatic N) is 3. The van der Waals surface area contributed by atoms with Gasteiger partial charge in [-0.25, -0.2) is 4.68 Å². The molecule has 1 aromatic carbocycles. The molecule has 0 atom stereocenters.